The fourth-order valence-electron chi connectivity index (χ4n) is 3.27. The molecule has 0 aliphatic heterocycles. The van der Waals surface area contributed by atoms with Crippen LogP contribution in [0.3, 0.4) is 0 Å². The van der Waals surface area contributed by atoms with Crippen molar-refractivity contribution in [1.29, 1.82) is 0 Å². The predicted molar refractivity (Wildman–Crippen MR) is 106 cm³/mol. The summed E-state index contributed by atoms with van der Waals surface area (Å²) in [5, 5.41) is 2.84. The number of rotatable bonds is 3. The van der Waals surface area contributed by atoms with Gasteiger partial charge in [-0.25, -0.2) is 0 Å². The lowest BCUT2D eigenvalue weighted by Crippen LogP contribution is -2.24. The van der Waals surface area contributed by atoms with Crippen molar-refractivity contribution >= 4 is 34.9 Å². The highest BCUT2D eigenvalue weighted by molar-refractivity contribution is 7.98. The number of fused-ring (bicyclic) bond motifs is 2. The van der Waals surface area contributed by atoms with E-state index in [0.717, 1.165) is 0 Å². The number of hydrogen-bond acceptors (Lipinski definition) is 4. The van der Waals surface area contributed by atoms with E-state index in [1.165, 1.54) is 11.8 Å². The van der Waals surface area contributed by atoms with Crippen molar-refractivity contribution in [1.82, 2.24) is 0 Å². The monoisotopic (exact) mass is 373 g/mol. The van der Waals surface area contributed by atoms with Gasteiger partial charge < -0.3 is 5.32 Å². The van der Waals surface area contributed by atoms with Crippen LogP contribution >= 0.6 is 11.8 Å². The van der Waals surface area contributed by atoms with Gasteiger partial charge >= 0.3 is 0 Å². The fourth-order valence-corrected chi connectivity index (χ4v) is 4.05. The maximum absolute atomic E-state index is 13.1. The van der Waals surface area contributed by atoms with E-state index < -0.39 is 0 Å². The van der Waals surface area contributed by atoms with E-state index in [1.54, 1.807) is 54.8 Å². The van der Waals surface area contributed by atoms with E-state index >= 15 is 0 Å². The molecule has 0 heterocycles. The van der Waals surface area contributed by atoms with Gasteiger partial charge in [0.05, 0.1) is 5.56 Å². The molecule has 0 bridgehead atoms. The molecule has 0 fully saturated rings. The number of para-hydroxylation sites is 1. The number of carbonyl (C=O) groups excluding carboxylic acids is 3. The zero-order valence-electron chi connectivity index (χ0n) is 14.5. The Labute approximate surface area is 160 Å². The number of benzene rings is 3. The van der Waals surface area contributed by atoms with Crippen molar-refractivity contribution in [2.24, 2.45) is 0 Å². The van der Waals surface area contributed by atoms with E-state index in [-0.39, 0.29) is 17.5 Å². The molecule has 4 nitrogen and oxygen atoms in total. The standard InChI is InChI=1S/C22H15NO3S/c1-27-21-17(22(26)23-13-7-3-2-4-8-13)12-11-16-18(21)20(25)15-10-6-5-9-14(15)19(16)24/h2-12H,1H3,(H,23,26). The fraction of sp³-hybridized carbons (Fsp3) is 0.0455. The lowest BCUT2D eigenvalue weighted by Gasteiger charge is -2.21. The molecule has 0 aromatic heterocycles. The summed E-state index contributed by atoms with van der Waals surface area (Å²) in [5.41, 5.74) is 2.49. The summed E-state index contributed by atoms with van der Waals surface area (Å²) in [6.07, 6.45) is 1.80. The molecule has 0 saturated heterocycles. The summed E-state index contributed by atoms with van der Waals surface area (Å²) < 4.78 is 0. The van der Waals surface area contributed by atoms with E-state index in [9.17, 15) is 14.4 Å². The molecule has 1 N–H and O–H groups in total. The molecule has 3 aromatic carbocycles. The Morgan fingerprint density at radius 2 is 1.41 bits per heavy atom. The molecule has 0 saturated carbocycles. The molecule has 1 amide bonds. The summed E-state index contributed by atoms with van der Waals surface area (Å²) in [6, 6.07) is 19.1. The first-order valence-electron chi connectivity index (χ1n) is 8.37. The number of amides is 1. The molecule has 0 radical (unpaired) electrons. The molecule has 0 unspecified atom stereocenters. The molecule has 132 valence electrons. The quantitative estimate of drug-likeness (QED) is 0.540. The number of thioether (sulfide) groups is 1. The Hall–Kier alpha value is -3.18. The van der Waals surface area contributed by atoms with Gasteiger partial charge in [-0.15, -0.1) is 11.8 Å². The van der Waals surface area contributed by atoms with Crippen LogP contribution in [-0.2, 0) is 0 Å². The van der Waals surface area contributed by atoms with Crippen molar-refractivity contribution in [3.05, 3.63) is 94.5 Å². The second kappa shape index (κ2) is 6.85. The Morgan fingerprint density at radius 3 is 2.07 bits per heavy atom. The highest BCUT2D eigenvalue weighted by Gasteiger charge is 2.33. The lowest BCUT2D eigenvalue weighted by atomic mass is 9.83. The first-order valence-corrected chi connectivity index (χ1v) is 9.60. The minimum atomic E-state index is -0.313. The molecule has 0 atom stereocenters. The predicted octanol–water partition coefficient (Wildman–Crippen LogP) is 4.44. The summed E-state index contributed by atoms with van der Waals surface area (Å²) in [7, 11) is 0. The van der Waals surface area contributed by atoms with Gasteiger partial charge in [-0.2, -0.15) is 0 Å². The lowest BCUT2D eigenvalue weighted by molar-refractivity contribution is 0.0975. The van der Waals surface area contributed by atoms with Crippen LogP contribution in [0.4, 0.5) is 5.69 Å². The smallest absolute Gasteiger partial charge is 0.256 e. The largest absolute Gasteiger partial charge is 0.322 e. The molecule has 1 aliphatic carbocycles. The van der Waals surface area contributed by atoms with Gasteiger partial charge in [0.25, 0.3) is 5.91 Å². The zero-order chi connectivity index (χ0) is 19.0. The number of nitrogens with one attached hydrogen (secondary N) is 1. The van der Waals surface area contributed by atoms with E-state index in [1.807, 2.05) is 18.2 Å². The normalized spacial score (nSPS) is 12.3. The Kier molecular flexibility index (Phi) is 4.38. The highest BCUT2D eigenvalue weighted by Crippen LogP contribution is 2.35. The maximum Gasteiger partial charge on any atom is 0.256 e. The van der Waals surface area contributed by atoms with E-state index in [0.29, 0.717) is 38.4 Å². The zero-order valence-corrected chi connectivity index (χ0v) is 15.3. The molecular weight excluding hydrogens is 358 g/mol. The summed E-state index contributed by atoms with van der Waals surface area (Å²) in [6.45, 7) is 0. The maximum atomic E-state index is 13.1. The second-order valence-electron chi connectivity index (χ2n) is 6.09. The number of carbonyl (C=O) groups is 3. The molecule has 0 spiro atoms. The van der Waals surface area contributed by atoms with Crippen molar-refractivity contribution in [3.63, 3.8) is 0 Å². The van der Waals surface area contributed by atoms with Crippen molar-refractivity contribution in [3.8, 4) is 0 Å². The van der Waals surface area contributed by atoms with Gasteiger partial charge in [-0.3, -0.25) is 14.4 Å². The third-order valence-corrected chi connectivity index (χ3v) is 5.36. The van der Waals surface area contributed by atoms with Gasteiger partial charge in [0.2, 0.25) is 0 Å². The molecule has 4 rings (SSSR count). The number of anilines is 1. The summed E-state index contributed by atoms with van der Waals surface area (Å²) in [5.74, 6) is -0.725. The average molecular weight is 373 g/mol. The first kappa shape index (κ1) is 17.2. The Bertz CT molecular complexity index is 1090. The van der Waals surface area contributed by atoms with Crippen molar-refractivity contribution in [2.75, 3.05) is 11.6 Å². The van der Waals surface area contributed by atoms with Crippen LogP contribution in [0.5, 0.6) is 0 Å². The van der Waals surface area contributed by atoms with Gasteiger partial charge in [0.1, 0.15) is 0 Å². The Morgan fingerprint density at radius 1 is 0.778 bits per heavy atom. The molecular formula is C22H15NO3S. The summed E-state index contributed by atoms with van der Waals surface area (Å²) in [4.78, 5) is 39.2. The SMILES string of the molecule is CSc1c(C(=O)Nc2ccccc2)ccc2c1C(=O)c1ccccc1C2=O. The van der Waals surface area contributed by atoms with E-state index in [4.69, 9.17) is 0 Å². The highest BCUT2D eigenvalue weighted by atomic mass is 32.2. The molecule has 1 aliphatic rings. The van der Waals surface area contributed by atoms with Crippen LogP contribution in [-0.4, -0.2) is 23.7 Å². The third-order valence-electron chi connectivity index (χ3n) is 4.53. The van der Waals surface area contributed by atoms with Crippen LogP contribution in [0.1, 0.15) is 42.2 Å². The van der Waals surface area contributed by atoms with Gasteiger partial charge in [-0.1, -0.05) is 42.5 Å². The minimum absolute atomic E-state index is 0.189. The topological polar surface area (TPSA) is 63.2 Å². The molecule has 3 aromatic rings. The first-order chi connectivity index (χ1) is 13.1. The molecule has 5 heteroatoms. The summed E-state index contributed by atoms with van der Waals surface area (Å²) >= 11 is 1.30. The van der Waals surface area contributed by atoms with Crippen LogP contribution in [0.25, 0.3) is 0 Å². The minimum Gasteiger partial charge on any atom is -0.322 e. The van der Waals surface area contributed by atoms with Crippen molar-refractivity contribution < 1.29 is 14.4 Å². The Balaban J connectivity index is 1.82. The second-order valence-corrected chi connectivity index (χ2v) is 6.91. The average Bonchev–Trinajstić information content (AvgIpc) is 2.71. The van der Waals surface area contributed by atoms with E-state index in [2.05, 4.69) is 5.32 Å². The van der Waals surface area contributed by atoms with Crippen LogP contribution in [0.15, 0.2) is 71.6 Å². The molecule has 27 heavy (non-hydrogen) atoms. The van der Waals surface area contributed by atoms with Gasteiger partial charge in [-0.05, 0) is 30.5 Å². The number of hydrogen-bond donors (Lipinski definition) is 1. The van der Waals surface area contributed by atoms with Crippen molar-refractivity contribution in [2.45, 2.75) is 4.90 Å². The van der Waals surface area contributed by atoms with Crippen LogP contribution < -0.4 is 5.32 Å². The van der Waals surface area contributed by atoms with Gasteiger partial charge in [0, 0.05) is 32.8 Å². The van der Waals surface area contributed by atoms with Gasteiger partial charge in [0.15, 0.2) is 11.6 Å². The third kappa shape index (κ3) is 2.86. The van der Waals surface area contributed by atoms with Crippen LogP contribution in [0, 0.1) is 0 Å². The van der Waals surface area contributed by atoms with Crippen LogP contribution in [0.2, 0.25) is 0 Å². The number of ketones is 2.